The molecule has 0 aliphatic heterocycles. The summed E-state index contributed by atoms with van der Waals surface area (Å²) in [4.78, 5) is 24.2. The molecule has 7 nitrogen and oxygen atoms in total. The number of carbonyl (C=O) groups is 2. The molecule has 1 aromatic heterocycles. The van der Waals surface area contributed by atoms with E-state index in [4.69, 9.17) is 9.47 Å². The Kier molecular flexibility index (Phi) is 5.51. The van der Waals surface area contributed by atoms with Crippen molar-refractivity contribution < 1.29 is 19.1 Å². The topological polar surface area (TPSA) is 93.3 Å². The molecule has 0 aliphatic carbocycles. The van der Waals surface area contributed by atoms with Crippen molar-refractivity contribution in [2.45, 2.75) is 6.54 Å². The smallest absolute Gasteiger partial charge is 0.341 e. The number of carbonyl (C=O) groups excluding carboxylic acids is 2. The van der Waals surface area contributed by atoms with Crippen LogP contribution in [0.3, 0.4) is 0 Å². The van der Waals surface area contributed by atoms with E-state index < -0.39 is 5.97 Å². The second-order valence-electron chi connectivity index (χ2n) is 5.74. The van der Waals surface area contributed by atoms with Gasteiger partial charge >= 0.3 is 5.97 Å². The minimum absolute atomic E-state index is 0.243. The third kappa shape index (κ3) is 4.14. The molecule has 0 unspecified atom stereocenters. The quantitative estimate of drug-likeness (QED) is 0.655. The van der Waals surface area contributed by atoms with Crippen molar-refractivity contribution in [3.05, 3.63) is 71.4 Å². The van der Waals surface area contributed by atoms with Crippen LogP contribution in [0.25, 0.3) is 11.3 Å². The third-order valence-corrected chi connectivity index (χ3v) is 4.01. The van der Waals surface area contributed by atoms with Crippen LogP contribution in [0.1, 0.15) is 26.4 Å². The molecule has 27 heavy (non-hydrogen) atoms. The van der Waals surface area contributed by atoms with E-state index in [2.05, 4.69) is 15.5 Å². The number of methoxy groups -OCH3 is 2. The number of H-pyrrole nitrogens is 1. The summed E-state index contributed by atoms with van der Waals surface area (Å²) in [6.07, 6.45) is 0. The largest absolute Gasteiger partial charge is 0.496 e. The molecule has 0 spiro atoms. The zero-order valence-electron chi connectivity index (χ0n) is 15.0. The molecule has 7 heteroatoms. The van der Waals surface area contributed by atoms with Crippen LogP contribution in [-0.2, 0) is 11.3 Å². The van der Waals surface area contributed by atoms with E-state index in [0.717, 1.165) is 11.1 Å². The predicted molar refractivity (Wildman–Crippen MR) is 99.5 cm³/mol. The van der Waals surface area contributed by atoms with Crippen molar-refractivity contribution >= 4 is 11.9 Å². The van der Waals surface area contributed by atoms with Crippen molar-refractivity contribution in [3.63, 3.8) is 0 Å². The standard InChI is InChI=1S/C20H19N3O4/c1-26-18-9-8-13(10-15(18)20(25)27-2)12-21-19(24)17-11-16(22-23-17)14-6-4-3-5-7-14/h3-11H,12H2,1-2H3,(H,21,24)(H,22,23). The maximum atomic E-state index is 12.4. The number of aromatic amines is 1. The molecule has 1 heterocycles. The number of rotatable bonds is 6. The summed E-state index contributed by atoms with van der Waals surface area (Å²) in [5.74, 6) is -0.376. The lowest BCUT2D eigenvalue weighted by Crippen LogP contribution is -2.23. The van der Waals surface area contributed by atoms with Crippen molar-refractivity contribution in [3.8, 4) is 17.0 Å². The molecule has 0 saturated heterocycles. The number of benzene rings is 2. The maximum absolute atomic E-state index is 12.4. The van der Waals surface area contributed by atoms with Crippen LogP contribution < -0.4 is 10.1 Å². The Morgan fingerprint density at radius 3 is 2.56 bits per heavy atom. The zero-order valence-corrected chi connectivity index (χ0v) is 15.0. The highest BCUT2D eigenvalue weighted by molar-refractivity contribution is 5.94. The molecule has 2 aromatic carbocycles. The van der Waals surface area contributed by atoms with Gasteiger partial charge in [0.2, 0.25) is 0 Å². The monoisotopic (exact) mass is 365 g/mol. The molecule has 0 fully saturated rings. The number of nitrogens with zero attached hydrogens (tertiary/aromatic N) is 1. The molecule has 138 valence electrons. The maximum Gasteiger partial charge on any atom is 0.341 e. The van der Waals surface area contributed by atoms with Crippen LogP contribution in [0.4, 0.5) is 0 Å². The summed E-state index contributed by atoms with van der Waals surface area (Å²) < 4.78 is 9.92. The van der Waals surface area contributed by atoms with Gasteiger partial charge in [-0.05, 0) is 23.8 Å². The fraction of sp³-hybridized carbons (Fsp3) is 0.150. The minimum Gasteiger partial charge on any atom is -0.496 e. The molecule has 3 rings (SSSR count). The molecular weight excluding hydrogens is 346 g/mol. The summed E-state index contributed by atoms with van der Waals surface area (Å²) in [6, 6.07) is 16.3. The Morgan fingerprint density at radius 1 is 1.07 bits per heavy atom. The Balaban J connectivity index is 1.69. The summed E-state index contributed by atoms with van der Waals surface area (Å²) in [7, 11) is 2.78. The Hall–Kier alpha value is -3.61. The number of aromatic nitrogens is 2. The van der Waals surface area contributed by atoms with Gasteiger partial charge in [0.25, 0.3) is 5.91 Å². The molecule has 0 bridgehead atoms. The normalized spacial score (nSPS) is 10.3. The van der Waals surface area contributed by atoms with Crippen LogP contribution in [0.2, 0.25) is 0 Å². The third-order valence-electron chi connectivity index (χ3n) is 4.01. The van der Waals surface area contributed by atoms with Gasteiger partial charge in [0.05, 0.1) is 19.9 Å². The van der Waals surface area contributed by atoms with Gasteiger partial charge in [-0.2, -0.15) is 5.10 Å². The lowest BCUT2D eigenvalue weighted by molar-refractivity contribution is 0.0597. The van der Waals surface area contributed by atoms with Gasteiger partial charge in [0.15, 0.2) is 0 Å². The average molecular weight is 365 g/mol. The molecule has 0 saturated carbocycles. The van der Waals surface area contributed by atoms with E-state index in [-0.39, 0.29) is 12.5 Å². The first-order valence-electron chi connectivity index (χ1n) is 8.26. The molecule has 0 atom stereocenters. The zero-order chi connectivity index (χ0) is 19.2. The number of hydrogen-bond acceptors (Lipinski definition) is 5. The van der Waals surface area contributed by atoms with Crippen LogP contribution in [-0.4, -0.2) is 36.3 Å². The highest BCUT2D eigenvalue weighted by Gasteiger charge is 2.15. The van der Waals surface area contributed by atoms with Crippen molar-refractivity contribution in [1.82, 2.24) is 15.5 Å². The van der Waals surface area contributed by atoms with E-state index in [1.165, 1.54) is 14.2 Å². The minimum atomic E-state index is -0.499. The predicted octanol–water partition coefficient (Wildman–Crippen LogP) is 2.80. The highest BCUT2D eigenvalue weighted by atomic mass is 16.5. The first-order chi connectivity index (χ1) is 13.1. The van der Waals surface area contributed by atoms with E-state index in [1.807, 2.05) is 30.3 Å². The second kappa shape index (κ2) is 8.18. The van der Waals surface area contributed by atoms with Crippen LogP contribution >= 0.6 is 0 Å². The van der Waals surface area contributed by atoms with Crippen molar-refractivity contribution in [1.29, 1.82) is 0 Å². The van der Waals surface area contributed by atoms with E-state index in [1.54, 1.807) is 24.3 Å². The van der Waals surface area contributed by atoms with Crippen LogP contribution in [0.5, 0.6) is 5.75 Å². The Bertz CT molecular complexity index is 951. The summed E-state index contributed by atoms with van der Waals surface area (Å²) in [6.45, 7) is 0.243. The molecule has 0 radical (unpaired) electrons. The lowest BCUT2D eigenvalue weighted by Gasteiger charge is -2.10. The van der Waals surface area contributed by atoms with Crippen LogP contribution in [0, 0.1) is 0 Å². The molecule has 0 aliphatic rings. The lowest BCUT2D eigenvalue weighted by atomic mass is 10.1. The Labute approximate surface area is 156 Å². The SMILES string of the molecule is COC(=O)c1cc(CNC(=O)c2cc(-c3ccccc3)n[nH]2)ccc1OC. The van der Waals surface area contributed by atoms with Crippen molar-refractivity contribution in [2.24, 2.45) is 0 Å². The van der Waals surface area contributed by atoms with Gasteiger partial charge in [0.1, 0.15) is 17.0 Å². The average Bonchev–Trinajstić information content (AvgIpc) is 3.22. The van der Waals surface area contributed by atoms with Gasteiger partial charge in [-0.15, -0.1) is 0 Å². The fourth-order valence-corrected chi connectivity index (χ4v) is 2.61. The fourth-order valence-electron chi connectivity index (χ4n) is 2.61. The van der Waals surface area contributed by atoms with Gasteiger partial charge in [-0.3, -0.25) is 9.89 Å². The van der Waals surface area contributed by atoms with Crippen molar-refractivity contribution in [2.75, 3.05) is 14.2 Å². The molecular formula is C20H19N3O4. The van der Waals surface area contributed by atoms with Gasteiger partial charge in [-0.1, -0.05) is 36.4 Å². The van der Waals surface area contributed by atoms with E-state index >= 15 is 0 Å². The number of hydrogen-bond donors (Lipinski definition) is 2. The highest BCUT2D eigenvalue weighted by Crippen LogP contribution is 2.21. The molecule has 1 amide bonds. The van der Waals surface area contributed by atoms with E-state index in [9.17, 15) is 9.59 Å². The number of ether oxygens (including phenoxy) is 2. The molecule has 3 aromatic rings. The number of nitrogens with one attached hydrogen (secondary N) is 2. The number of esters is 1. The van der Waals surface area contributed by atoms with Gasteiger partial charge in [0, 0.05) is 12.1 Å². The summed E-state index contributed by atoms with van der Waals surface area (Å²) in [5.41, 5.74) is 3.02. The van der Waals surface area contributed by atoms with Gasteiger partial charge in [-0.25, -0.2) is 4.79 Å². The van der Waals surface area contributed by atoms with E-state index in [0.29, 0.717) is 22.7 Å². The van der Waals surface area contributed by atoms with Gasteiger partial charge < -0.3 is 14.8 Å². The first kappa shape index (κ1) is 18.2. The first-order valence-corrected chi connectivity index (χ1v) is 8.26. The summed E-state index contributed by atoms with van der Waals surface area (Å²) >= 11 is 0. The molecule has 2 N–H and O–H groups in total. The number of amides is 1. The van der Waals surface area contributed by atoms with Crippen LogP contribution in [0.15, 0.2) is 54.6 Å². The summed E-state index contributed by atoms with van der Waals surface area (Å²) in [5, 5.41) is 9.71. The second-order valence-corrected chi connectivity index (χ2v) is 5.74. The Morgan fingerprint density at radius 2 is 1.85 bits per heavy atom.